The number of nitrogens with one attached hydrogen (secondary N) is 1. The van der Waals surface area contributed by atoms with Gasteiger partial charge in [-0.3, -0.25) is 9.59 Å². The van der Waals surface area contributed by atoms with Crippen LogP contribution in [0.15, 0.2) is 16.9 Å². The number of amides is 1. The smallest absolute Gasteiger partial charge is 0.261 e. The van der Waals surface area contributed by atoms with Crippen molar-refractivity contribution in [2.24, 2.45) is 5.73 Å². The van der Waals surface area contributed by atoms with Gasteiger partial charge in [0.25, 0.3) is 11.5 Å². The van der Waals surface area contributed by atoms with E-state index < -0.39 is 11.5 Å². The van der Waals surface area contributed by atoms with Gasteiger partial charge in [-0.2, -0.15) is 0 Å². The number of hydrogen-bond donors (Lipinski definition) is 2. The van der Waals surface area contributed by atoms with Crippen molar-refractivity contribution in [3.63, 3.8) is 0 Å². The van der Waals surface area contributed by atoms with E-state index in [1.54, 1.807) is 6.07 Å². The number of aromatic amines is 1. The number of nitrogens with two attached hydrogens (primary N) is 1. The Labute approximate surface area is 101 Å². The zero-order chi connectivity index (χ0) is 12.8. The molecule has 5 heteroatoms. The number of nitrogens with zero attached hydrogens (tertiary/aromatic N) is 1. The summed E-state index contributed by atoms with van der Waals surface area (Å²) in [7, 11) is 2.00. The van der Waals surface area contributed by atoms with Gasteiger partial charge in [0.15, 0.2) is 0 Å². The van der Waals surface area contributed by atoms with Gasteiger partial charge >= 0.3 is 0 Å². The quantitative estimate of drug-likeness (QED) is 0.764. The van der Waals surface area contributed by atoms with Crippen LogP contribution in [-0.2, 0) is 6.54 Å². The molecule has 0 saturated carbocycles. The molecule has 0 atom stereocenters. The van der Waals surface area contributed by atoms with Gasteiger partial charge in [-0.1, -0.05) is 13.3 Å². The van der Waals surface area contributed by atoms with Crippen LogP contribution in [0.5, 0.6) is 0 Å². The first-order valence-corrected chi connectivity index (χ1v) is 5.75. The van der Waals surface area contributed by atoms with E-state index >= 15 is 0 Å². The summed E-state index contributed by atoms with van der Waals surface area (Å²) in [5, 5.41) is 0. The molecule has 0 bridgehead atoms. The highest BCUT2D eigenvalue weighted by Gasteiger charge is 2.07. The van der Waals surface area contributed by atoms with Crippen LogP contribution in [-0.4, -0.2) is 29.4 Å². The summed E-state index contributed by atoms with van der Waals surface area (Å²) in [5.74, 6) is -0.697. The molecule has 0 fully saturated rings. The van der Waals surface area contributed by atoms with Crippen LogP contribution in [0.1, 0.15) is 35.8 Å². The van der Waals surface area contributed by atoms with E-state index in [1.165, 1.54) is 6.07 Å². The molecule has 94 valence electrons. The number of primary amides is 1. The fourth-order valence-electron chi connectivity index (χ4n) is 1.60. The molecule has 0 aliphatic rings. The molecule has 5 nitrogen and oxygen atoms in total. The molecule has 0 aromatic carbocycles. The molecule has 1 rings (SSSR count). The van der Waals surface area contributed by atoms with Gasteiger partial charge in [-0.15, -0.1) is 0 Å². The second kappa shape index (κ2) is 6.20. The zero-order valence-electron chi connectivity index (χ0n) is 10.3. The molecule has 1 amide bonds. The minimum Gasteiger partial charge on any atom is -0.365 e. The van der Waals surface area contributed by atoms with E-state index in [0.29, 0.717) is 6.54 Å². The van der Waals surface area contributed by atoms with E-state index in [4.69, 9.17) is 5.73 Å². The van der Waals surface area contributed by atoms with E-state index in [2.05, 4.69) is 16.8 Å². The van der Waals surface area contributed by atoms with Gasteiger partial charge in [-0.05, 0) is 32.1 Å². The Bertz CT molecular complexity index is 440. The highest BCUT2D eigenvalue weighted by atomic mass is 16.2. The van der Waals surface area contributed by atoms with Gasteiger partial charge in [0.05, 0.1) is 0 Å². The summed E-state index contributed by atoms with van der Waals surface area (Å²) in [6.07, 6.45) is 2.27. The number of aromatic nitrogens is 1. The molecule has 0 spiro atoms. The Morgan fingerprint density at radius 2 is 2.18 bits per heavy atom. The molecular formula is C12H19N3O2. The lowest BCUT2D eigenvalue weighted by molar-refractivity contribution is 0.0999. The molecule has 0 unspecified atom stereocenters. The fraction of sp³-hybridized carbons (Fsp3) is 0.500. The Kier molecular flexibility index (Phi) is 4.90. The normalized spacial score (nSPS) is 10.8. The van der Waals surface area contributed by atoms with Crippen molar-refractivity contribution in [2.45, 2.75) is 26.3 Å². The number of H-pyrrole nitrogens is 1. The van der Waals surface area contributed by atoms with Crippen LogP contribution < -0.4 is 11.3 Å². The Hall–Kier alpha value is -1.62. The average Bonchev–Trinajstić information content (AvgIpc) is 2.26. The Morgan fingerprint density at radius 3 is 2.71 bits per heavy atom. The lowest BCUT2D eigenvalue weighted by Crippen LogP contribution is -2.26. The van der Waals surface area contributed by atoms with Crippen molar-refractivity contribution >= 4 is 5.91 Å². The van der Waals surface area contributed by atoms with Crippen molar-refractivity contribution in [3.8, 4) is 0 Å². The second-order valence-electron chi connectivity index (χ2n) is 4.18. The number of rotatable bonds is 6. The van der Waals surface area contributed by atoms with Crippen LogP contribution in [0.2, 0.25) is 0 Å². The molecule has 0 aliphatic carbocycles. The van der Waals surface area contributed by atoms with Crippen LogP contribution in [0.25, 0.3) is 0 Å². The van der Waals surface area contributed by atoms with Gasteiger partial charge in [0.2, 0.25) is 0 Å². The summed E-state index contributed by atoms with van der Waals surface area (Å²) in [5.41, 5.74) is 5.44. The predicted molar refractivity (Wildman–Crippen MR) is 66.8 cm³/mol. The first kappa shape index (κ1) is 13.4. The Balaban J connectivity index is 2.71. The molecule has 1 aromatic heterocycles. The minimum atomic E-state index is -0.697. The Morgan fingerprint density at radius 1 is 1.47 bits per heavy atom. The van der Waals surface area contributed by atoms with Crippen LogP contribution in [0.3, 0.4) is 0 Å². The van der Waals surface area contributed by atoms with Crippen molar-refractivity contribution in [1.29, 1.82) is 0 Å². The molecule has 0 saturated heterocycles. The first-order chi connectivity index (χ1) is 8.04. The van der Waals surface area contributed by atoms with E-state index in [1.807, 2.05) is 7.05 Å². The minimum absolute atomic E-state index is 0.00459. The molecule has 1 aromatic rings. The third kappa shape index (κ3) is 4.03. The largest absolute Gasteiger partial charge is 0.365 e. The lowest BCUT2D eigenvalue weighted by atomic mass is 10.2. The van der Waals surface area contributed by atoms with Crippen molar-refractivity contribution in [1.82, 2.24) is 9.88 Å². The van der Waals surface area contributed by atoms with Crippen molar-refractivity contribution in [3.05, 3.63) is 33.7 Å². The maximum atomic E-state index is 11.5. The maximum Gasteiger partial charge on any atom is 0.261 e. The highest BCUT2D eigenvalue weighted by Crippen LogP contribution is 2.00. The summed E-state index contributed by atoms with van der Waals surface area (Å²) in [6, 6.07) is 3.20. The molecule has 0 radical (unpaired) electrons. The number of unbranched alkanes of at least 4 members (excludes halogenated alkanes) is 1. The van der Waals surface area contributed by atoms with Crippen LogP contribution in [0, 0.1) is 0 Å². The van der Waals surface area contributed by atoms with Gasteiger partial charge in [0, 0.05) is 12.2 Å². The summed E-state index contributed by atoms with van der Waals surface area (Å²) in [6.45, 7) is 3.78. The second-order valence-corrected chi connectivity index (χ2v) is 4.18. The summed E-state index contributed by atoms with van der Waals surface area (Å²) < 4.78 is 0. The van der Waals surface area contributed by atoms with Gasteiger partial charge in [-0.25, -0.2) is 0 Å². The molecule has 3 N–H and O–H groups in total. The number of hydrogen-bond acceptors (Lipinski definition) is 3. The standard InChI is InChI=1S/C12H19N3O2/c1-3-4-7-15(2)8-9-5-6-10(11(13)16)12(17)14-9/h5-6H,3-4,7-8H2,1-2H3,(H2,13,16)(H,14,17). The SMILES string of the molecule is CCCCN(C)Cc1ccc(C(N)=O)c(=O)[nH]1. The molecule has 17 heavy (non-hydrogen) atoms. The number of pyridine rings is 1. The molecular weight excluding hydrogens is 218 g/mol. The zero-order valence-corrected chi connectivity index (χ0v) is 10.3. The third-order valence-electron chi connectivity index (χ3n) is 2.57. The summed E-state index contributed by atoms with van der Waals surface area (Å²) >= 11 is 0. The summed E-state index contributed by atoms with van der Waals surface area (Å²) in [4.78, 5) is 27.2. The van der Waals surface area contributed by atoms with Crippen LogP contribution >= 0.6 is 0 Å². The highest BCUT2D eigenvalue weighted by molar-refractivity contribution is 5.92. The predicted octanol–water partition coefficient (Wildman–Crippen LogP) is 0.706. The molecule has 1 heterocycles. The monoisotopic (exact) mass is 237 g/mol. The van der Waals surface area contributed by atoms with Gasteiger partial charge < -0.3 is 15.6 Å². The van der Waals surface area contributed by atoms with E-state index in [-0.39, 0.29) is 5.56 Å². The maximum absolute atomic E-state index is 11.5. The first-order valence-electron chi connectivity index (χ1n) is 5.75. The molecule has 0 aliphatic heterocycles. The number of carbonyl (C=O) groups excluding carboxylic acids is 1. The lowest BCUT2D eigenvalue weighted by Gasteiger charge is -2.15. The van der Waals surface area contributed by atoms with Crippen molar-refractivity contribution < 1.29 is 4.79 Å². The van der Waals surface area contributed by atoms with Crippen LogP contribution in [0.4, 0.5) is 0 Å². The third-order valence-corrected chi connectivity index (χ3v) is 2.57. The average molecular weight is 237 g/mol. The number of carbonyl (C=O) groups is 1. The van der Waals surface area contributed by atoms with Gasteiger partial charge in [0.1, 0.15) is 5.56 Å². The topological polar surface area (TPSA) is 79.2 Å². The van der Waals surface area contributed by atoms with Crippen molar-refractivity contribution in [2.75, 3.05) is 13.6 Å². The van der Waals surface area contributed by atoms with E-state index in [9.17, 15) is 9.59 Å². The fourth-order valence-corrected chi connectivity index (χ4v) is 1.60. The van der Waals surface area contributed by atoms with E-state index in [0.717, 1.165) is 25.1 Å².